The molecule has 5 heteroatoms. The SMILES string of the molecule is O=C(O)c1cccc2[nH]c(CCc3ccco3)nc12. The van der Waals surface area contributed by atoms with Crippen LogP contribution in [0.3, 0.4) is 0 Å². The van der Waals surface area contributed by atoms with Gasteiger partial charge in [0.2, 0.25) is 0 Å². The molecular formula is C14H12N2O3. The number of imidazole rings is 1. The molecule has 0 unspecified atom stereocenters. The summed E-state index contributed by atoms with van der Waals surface area (Å²) in [5.41, 5.74) is 1.47. The first-order valence-corrected chi connectivity index (χ1v) is 5.97. The summed E-state index contributed by atoms with van der Waals surface area (Å²) in [5.74, 6) is 0.689. The molecule has 5 nitrogen and oxygen atoms in total. The van der Waals surface area contributed by atoms with Crippen molar-refractivity contribution in [2.75, 3.05) is 0 Å². The zero-order chi connectivity index (χ0) is 13.2. The van der Waals surface area contributed by atoms with Crippen molar-refractivity contribution < 1.29 is 14.3 Å². The van der Waals surface area contributed by atoms with Crippen molar-refractivity contribution in [3.63, 3.8) is 0 Å². The summed E-state index contributed by atoms with van der Waals surface area (Å²) in [6, 6.07) is 8.84. The van der Waals surface area contributed by atoms with E-state index < -0.39 is 5.97 Å². The lowest BCUT2D eigenvalue weighted by molar-refractivity contribution is 0.0699. The first kappa shape index (κ1) is 11.5. The number of aromatic nitrogens is 2. The molecular weight excluding hydrogens is 244 g/mol. The number of rotatable bonds is 4. The quantitative estimate of drug-likeness (QED) is 0.752. The highest BCUT2D eigenvalue weighted by molar-refractivity contribution is 6.00. The number of carboxylic acids is 1. The number of nitrogens with one attached hydrogen (secondary N) is 1. The van der Waals surface area contributed by atoms with Crippen molar-refractivity contribution >= 4 is 17.0 Å². The number of hydrogen-bond donors (Lipinski definition) is 2. The van der Waals surface area contributed by atoms with Crippen LogP contribution in [-0.2, 0) is 12.8 Å². The molecule has 2 N–H and O–H groups in total. The Bertz CT molecular complexity index is 713. The Labute approximate surface area is 108 Å². The van der Waals surface area contributed by atoms with Gasteiger partial charge < -0.3 is 14.5 Å². The van der Waals surface area contributed by atoms with Gasteiger partial charge in [-0.1, -0.05) is 6.07 Å². The maximum absolute atomic E-state index is 11.1. The van der Waals surface area contributed by atoms with Gasteiger partial charge in [-0.25, -0.2) is 9.78 Å². The number of aryl methyl sites for hydroxylation is 2. The molecule has 0 atom stereocenters. The normalized spacial score (nSPS) is 10.9. The minimum absolute atomic E-state index is 0.220. The summed E-state index contributed by atoms with van der Waals surface area (Å²) in [6.45, 7) is 0. The standard InChI is InChI=1S/C14H12N2O3/c17-14(18)10-4-1-5-11-13(10)16-12(15-11)7-6-9-3-2-8-19-9/h1-5,8H,6-7H2,(H,15,16)(H,17,18). The van der Waals surface area contributed by atoms with Gasteiger partial charge in [0.05, 0.1) is 17.3 Å². The van der Waals surface area contributed by atoms with E-state index in [0.29, 0.717) is 11.9 Å². The van der Waals surface area contributed by atoms with Gasteiger partial charge in [-0.3, -0.25) is 0 Å². The van der Waals surface area contributed by atoms with E-state index in [2.05, 4.69) is 9.97 Å². The number of aromatic amines is 1. The molecule has 0 spiro atoms. The van der Waals surface area contributed by atoms with Gasteiger partial charge >= 0.3 is 5.97 Å². The Kier molecular flexibility index (Phi) is 2.79. The van der Waals surface area contributed by atoms with Crippen LogP contribution >= 0.6 is 0 Å². The lowest BCUT2D eigenvalue weighted by Gasteiger charge is -1.93. The fourth-order valence-corrected chi connectivity index (χ4v) is 2.07. The maximum Gasteiger partial charge on any atom is 0.337 e. The molecule has 2 heterocycles. The summed E-state index contributed by atoms with van der Waals surface area (Å²) < 4.78 is 5.26. The van der Waals surface area contributed by atoms with E-state index in [1.165, 1.54) is 0 Å². The molecule has 0 aliphatic rings. The molecule has 3 rings (SSSR count). The number of H-pyrrole nitrogens is 1. The van der Waals surface area contributed by atoms with Crippen LogP contribution in [-0.4, -0.2) is 21.0 Å². The van der Waals surface area contributed by atoms with Crippen molar-refractivity contribution in [3.8, 4) is 0 Å². The highest BCUT2D eigenvalue weighted by Crippen LogP contribution is 2.17. The second-order valence-corrected chi connectivity index (χ2v) is 4.27. The molecule has 2 aromatic heterocycles. The number of aromatic carboxylic acids is 1. The van der Waals surface area contributed by atoms with Gasteiger partial charge in [-0.2, -0.15) is 0 Å². The van der Waals surface area contributed by atoms with Gasteiger partial charge in [0.15, 0.2) is 0 Å². The van der Waals surface area contributed by atoms with E-state index in [0.717, 1.165) is 23.5 Å². The zero-order valence-electron chi connectivity index (χ0n) is 10.1. The van der Waals surface area contributed by atoms with Crippen molar-refractivity contribution in [2.24, 2.45) is 0 Å². The third-order valence-electron chi connectivity index (χ3n) is 2.98. The molecule has 0 bridgehead atoms. The van der Waals surface area contributed by atoms with E-state index in [9.17, 15) is 4.79 Å². The predicted octanol–water partition coefficient (Wildman–Crippen LogP) is 2.64. The van der Waals surface area contributed by atoms with E-state index in [1.54, 1.807) is 18.4 Å². The van der Waals surface area contributed by atoms with Crippen molar-refractivity contribution in [3.05, 3.63) is 53.7 Å². The highest BCUT2D eigenvalue weighted by atomic mass is 16.4. The van der Waals surface area contributed by atoms with Crippen molar-refractivity contribution in [1.29, 1.82) is 0 Å². The number of benzene rings is 1. The molecule has 96 valence electrons. The van der Waals surface area contributed by atoms with Crippen LogP contribution in [0.4, 0.5) is 0 Å². The average molecular weight is 256 g/mol. The first-order valence-electron chi connectivity index (χ1n) is 5.97. The van der Waals surface area contributed by atoms with Crippen molar-refractivity contribution in [1.82, 2.24) is 9.97 Å². The second kappa shape index (κ2) is 4.61. The predicted molar refractivity (Wildman–Crippen MR) is 69.2 cm³/mol. The van der Waals surface area contributed by atoms with Crippen molar-refractivity contribution in [2.45, 2.75) is 12.8 Å². The summed E-state index contributed by atoms with van der Waals surface area (Å²) in [6.07, 6.45) is 3.05. The van der Waals surface area contributed by atoms with Crippen LogP contribution in [0.1, 0.15) is 21.9 Å². The lowest BCUT2D eigenvalue weighted by atomic mass is 10.2. The molecule has 0 saturated carbocycles. The monoisotopic (exact) mass is 256 g/mol. The van der Waals surface area contributed by atoms with E-state index in [-0.39, 0.29) is 5.56 Å². The number of furan rings is 1. The summed E-state index contributed by atoms with van der Waals surface area (Å²) in [4.78, 5) is 18.6. The Hall–Kier alpha value is -2.56. The summed E-state index contributed by atoms with van der Waals surface area (Å²) >= 11 is 0. The van der Waals surface area contributed by atoms with E-state index in [4.69, 9.17) is 9.52 Å². The summed E-state index contributed by atoms with van der Waals surface area (Å²) in [7, 11) is 0. The molecule has 1 aromatic carbocycles. The number of fused-ring (bicyclic) bond motifs is 1. The van der Waals surface area contributed by atoms with Crippen LogP contribution in [0.15, 0.2) is 41.0 Å². The topological polar surface area (TPSA) is 79.1 Å². The number of para-hydroxylation sites is 1. The molecule has 0 radical (unpaired) electrons. The molecule has 0 fully saturated rings. The molecule has 3 aromatic rings. The minimum atomic E-state index is -0.963. The van der Waals surface area contributed by atoms with Crippen LogP contribution in [0.2, 0.25) is 0 Å². The van der Waals surface area contributed by atoms with E-state index in [1.807, 2.05) is 18.2 Å². The van der Waals surface area contributed by atoms with Gasteiger partial charge in [0, 0.05) is 12.8 Å². The van der Waals surface area contributed by atoms with Crippen LogP contribution in [0, 0.1) is 0 Å². The second-order valence-electron chi connectivity index (χ2n) is 4.27. The fraction of sp³-hybridized carbons (Fsp3) is 0.143. The Morgan fingerprint density at radius 2 is 2.16 bits per heavy atom. The highest BCUT2D eigenvalue weighted by Gasteiger charge is 2.12. The van der Waals surface area contributed by atoms with E-state index >= 15 is 0 Å². The first-order chi connectivity index (χ1) is 9.24. The average Bonchev–Trinajstić information content (AvgIpc) is 3.04. The largest absolute Gasteiger partial charge is 0.478 e. The van der Waals surface area contributed by atoms with Gasteiger partial charge in [-0.05, 0) is 24.3 Å². The molecule has 0 aliphatic heterocycles. The van der Waals surface area contributed by atoms with Gasteiger partial charge in [0.25, 0.3) is 0 Å². The van der Waals surface area contributed by atoms with Crippen LogP contribution in [0.5, 0.6) is 0 Å². The smallest absolute Gasteiger partial charge is 0.337 e. The summed E-state index contributed by atoms with van der Waals surface area (Å²) in [5, 5.41) is 9.10. The van der Waals surface area contributed by atoms with Gasteiger partial charge in [0.1, 0.15) is 17.1 Å². The van der Waals surface area contributed by atoms with Gasteiger partial charge in [-0.15, -0.1) is 0 Å². The van der Waals surface area contributed by atoms with Crippen LogP contribution < -0.4 is 0 Å². The Balaban J connectivity index is 1.89. The lowest BCUT2D eigenvalue weighted by Crippen LogP contribution is -1.97. The Morgan fingerprint density at radius 1 is 1.26 bits per heavy atom. The number of hydrogen-bond acceptors (Lipinski definition) is 3. The molecule has 0 saturated heterocycles. The zero-order valence-corrected chi connectivity index (χ0v) is 10.1. The minimum Gasteiger partial charge on any atom is -0.478 e. The number of carboxylic acid groups (broad SMARTS) is 1. The maximum atomic E-state index is 11.1. The third-order valence-corrected chi connectivity index (χ3v) is 2.98. The number of nitrogens with zero attached hydrogens (tertiary/aromatic N) is 1. The third kappa shape index (κ3) is 2.22. The number of carbonyl (C=O) groups is 1. The molecule has 0 amide bonds. The molecule has 19 heavy (non-hydrogen) atoms. The van der Waals surface area contributed by atoms with Crippen LogP contribution in [0.25, 0.3) is 11.0 Å². The fourth-order valence-electron chi connectivity index (χ4n) is 2.07. The molecule has 0 aliphatic carbocycles. The Morgan fingerprint density at radius 3 is 2.89 bits per heavy atom.